The quantitative estimate of drug-likeness (QED) is 0.726. The first-order valence-corrected chi connectivity index (χ1v) is 6.59. The van der Waals surface area contributed by atoms with Crippen LogP contribution in [0.25, 0.3) is 10.9 Å². The molecule has 1 heterocycles. The molecule has 0 atom stereocenters. The molecule has 0 saturated heterocycles. The summed E-state index contributed by atoms with van der Waals surface area (Å²) in [6, 6.07) is 11.1. The molecule has 3 aromatic rings. The molecule has 0 aliphatic heterocycles. The predicted molar refractivity (Wildman–Crippen MR) is 81.5 cm³/mol. The molecule has 0 unspecified atom stereocenters. The normalized spacial score (nSPS) is 10.6. The van der Waals surface area contributed by atoms with Gasteiger partial charge in [-0.15, -0.1) is 0 Å². The van der Waals surface area contributed by atoms with E-state index in [0.29, 0.717) is 22.2 Å². The number of carbonyl (C=O) groups excluding carboxylic acids is 1. The number of hydrogen-bond acceptors (Lipinski definition) is 5. The Kier molecular flexibility index (Phi) is 3.39. The SMILES string of the molecule is COc1cc2cc(C(=O)c3ccccc3O)cnc2cc1O. The molecule has 0 radical (unpaired) electrons. The zero-order valence-electron chi connectivity index (χ0n) is 11.8. The number of phenolic OH excluding ortho intramolecular Hbond substituents is 2. The Bertz CT molecular complexity index is 874. The fourth-order valence-corrected chi connectivity index (χ4v) is 2.25. The number of fused-ring (bicyclic) bond motifs is 1. The van der Waals surface area contributed by atoms with Gasteiger partial charge in [-0.1, -0.05) is 12.1 Å². The third-order valence-corrected chi connectivity index (χ3v) is 3.39. The van der Waals surface area contributed by atoms with Crippen LogP contribution in [0, 0.1) is 0 Å². The molecule has 0 amide bonds. The molecule has 0 fully saturated rings. The maximum absolute atomic E-state index is 12.5. The van der Waals surface area contributed by atoms with Crippen molar-refractivity contribution in [3.8, 4) is 17.2 Å². The fourth-order valence-electron chi connectivity index (χ4n) is 2.25. The van der Waals surface area contributed by atoms with Crippen LogP contribution < -0.4 is 4.74 Å². The van der Waals surface area contributed by atoms with Crippen LogP contribution in [0.3, 0.4) is 0 Å². The van der Waals surface area contributed by atoms with Crippen LogP contribution in [0.4, 0.5) is 0 Å². The first-order valence-electron chi connectivity index (χ1n) is 6.59. The van der Waals surface area contributed by atoms with Gasteiger partial charge >= 0.3 is 0 Å². The number of phenols is 2. The molecule has 5 nitrogen and oxygen atoms in total. The molecule has 1 aromatic heterocycles. The summed E-state index contributed by atoms with van der Waals surface area (Å²) in [6.07, 6.45) is 1.42. The lowest BCUT2D eigenvalue weighted by Crippen LogP contribution is -2.02. The number of rotatable bonds is 3. The van der Waals surface area contributed by atoms with Gasteiger partial charge in [-0.3, -0.25) is 9.78 Å². The molecule has 22 heavy (non-hydrogen) atoms. The van der Waals surface area contributed by atoms with Gasteiger partial charge in [0.1, 0.15) is 5.75 Å². The van der Waals surface area contributed by atoms with Gasteiger partial charge in [-0.05, 0) is 24.3 Å². The largest absolute Gasteiger partial charge is 0.507 e. The number of carbonyl (C=O) groups is 1. The number of benzene rings is 2. The number of ketones is 1. The topological polar surface area (TPSA) is 79.7 Å². The third-order valence-electron chi connectivity index (χ3n) is 3.39. The number of hydrogen-bond donors (Lipinski definition) is 2. The molecule has 0 saturated carbocycles. The van der Waals surface area contributed by atoms with Crippen LogP contribution in [-0.2, 0) is 0 Å². The molecule has 2 N–H and O–H groups in total. The van der Waals surface area contributed by atoms with E-state index in [4.69, 9.17) is 4.74 Å². The second-order valence-electron chi connectivity index (χ2n) is 4.79. The van der Waals surface area contributed by atoms with E-state index in [1.165, 1.54) is 25.4 Å². The highest BCUT2D eigenvalue weighted by molar-refractivity contribution is 6.11. The van der Waals surface area contributed by atoms with Gasteiger partial charge < -0.3 is 14.9 Å². The van der Waals surface area contributed by atoms with Gasteiger partial charge in [0, 0.05) is 23.2 Å². The molecule has 2 aromatic carbocycles. The van der Waals surface area contributed by atoms with E-state index in [9.17, 15) is 15.0 Å². The van der Waals surface area contributed by atoms with Crippen molar-refractivity contribution in [2.24, 2.45) is 0 Å². The average Bonchev–Trinajstić information content (AvgIpc) is 2.53. The third kappa shape index (κ3) is 2.33. The van der Waals surface area contributed by atoms with Crippen molar-refractivity contribution in [1.29, 1.82) is 0 Å². The summed E-state index contributed by atoms with van der Waals surface area (Å²) in [5, 5.41) is 20.2. The van der Waals surface area contributed by atoms with E-state index < -0.39 is 0 Å². The minimum absolute atomic E-state index is 0.0118. The van der Waals surface area contributed by atoms with E-state index in [1.54, 1.807) is 30.3 Å². The number of aromatic nitrogens is 1. The van der Waals surface area contributed by atoms with Gasteiger partial charge in [0.2, 0.25) is 0 Å². The smallest absolute Gasteiger partial charge is 0.198 e. The van der Waals surface area contributed by atoms with Crippen LogP contribution in [0.5, 0.6) is 17.2 Å². The van der Waals surface area contributed by atoms with E-state index in [1.807, 2.05) is 0 Å². The first kappa shape index (κ1) is 13.9. The van der Waals surface area contributed by atoms with Crippen molar-refractivity contribution < 1.29 is 19.7 Å². The fraction of sp³-hybridized carbons (Fsp3) is 0.0588. The molecule has 0 bridgehead atoms. The maximum atomic E-state index is 12.5. The van der Waals surface area contributed by atoms with Crippen LogP contribution in [0.15, 0.2) is 48.7 Å². The van der Waals surface area contributed by atoms with Gasteiger partial charge in [0.15, 0.2) is 17.3 Å². The summed E-state index contributed by atoms with van der Waals surface area (Å²) in [6.45, 7) is 0. The highest BCUT2D eigenvalue weighted by Crippen LogP contribution is 2.31. The second kappa shape index (κ2) is 5.37. The molecule has 0 aliphatic rings. The van der Waals surface area contributed by atoms with Gasteiger partial charge in [-0.2, -0.15) is 0 Å². The summed E-state index contributed by atoms with van der Waals surface area (Å²) >= 11 is 0. The molecular formula is C17H13NO4. The molecule has 110 valence electrons. The molecule has 0 aliphatic carbocycles. The molecule has 0 spiro atoms. The summed E-state index contributed by atoms with van der Waals surface area (Å²) in [4.78, 5) is 16.6. The standard InChI is InChI=1S/C17H13NO4/c1-22-16-7-10-6-11(9-18-13(10)8-15(16)20)17(21)12-4-2-3-5-14(12)19/h2-9,19-20H,1H3. The number of pyridine rings is 1. The molecule has 3 rings (SSSR count). The van der Waals surface area contributed by atoms with Gasteiger partial charge in [0.05, 0.1) is 18.2 Å². The maximum Gasteiger partial charge on any atom is 0.198 e. The number of nitrogens with zero attached hydrogens (tertiary/aromatic N) is 1. The van der Waals surface area contributed by atoms with Crippen LogP contribution in [-0.4, -0.2) is 28.1 Å². The van der Waals surface area contributed by atoms with Crippen molar-refractivity contribution in [2.45, 2.75) is 0 Å². The van der Waals surface area contributed by atoms with E-state index in [-0.39, 0.29) is 22.8 Å². The Hall–Kier alpha value is -3.08. The van der Waals surface area contributed by atoms with Crippen LogP contribution in [0.2, 0.25) is 0 Å². The monoisotopic (exact) mass is 295 g/mol. The van der Waals surface area contributed by atoms with Crippen molar-refractivity contribution >= 4 is 16.7 Å². The minimum atomic E-state index is -0.320. The summed E-state index contributed by atoms with van der Waals surface area (Å²) in [7, 11) is 1.45. The number of methoxy groups -OCH3 is 1. The average molecular weight is 295 g/mol. The zero-order chi connectivity index (χ0) is 15.7. The van der Waals surface area contributed by atoms with Crippen LogP contribution >= 0.6 is 0 Å². The van der Waals surface area contributed by atoms with Crippen LogP contribution in [0.1, 0.15) is 15.9 Å². The van der Waals surface area contributed by atoms with Gasteiger partial charge in [0.25, 0.3) is 0 Å². The van der Waals surface area contributed by atoms with Crippen molar-refractivity contribution in [3.63, 3.8) is 0 Å². The summed E-state index contributed by atoms with van der Waals surface area (Å²) < 4.78 is 5.05. The molecular weight excluding hydrogens is 282 g/mol. The molecule has 5 heteroatoms. The number of aromatic hydroxyl groups is 2. The van der Waals surface area contributed by atoms with Crippen molar-refractivity contribution in [3.05, 3.63) is 59.8 Å². The Morgan fingerprint density at radius 1 is 1.09 bits per heavy atom. The number of para-hydroxylation sites is 1. The lowest BCUT2D eigenvalue weighted by Gasteiger charge is -2.07. The van der Waals surface area contributed by atoms with Crippen molar-refractivity contribution in [1.82, 2.24) is 4.98 Å². The highest BCUT2D eigenvalue weighted by Gasteiger charge is 2.14. The first-order chi connectivity index (χ1) is 10.6. The Balaban J connectivity index is 2.10. The minimum Gasteiger partial charge on any atom is -0.507 e. The summed E-state index contributed by atoms with van der Waals surface area (Å²) in [5.41, 5.74) is 1.11. The lowest BCUT2D eigenvalue weighted by molar-refractivity contribution is 0.103. The summed E-state index contributed by atoms with van der Waals surface area (Å²) in [5.74, 6) is -0.0980. The predicted octanol–water partition coefficient (Wildman–Crippen LogP) is 2.89. The Morgan fingerprint density at radius 2 is 1.86 bits per heavy atom. The van der Waals surface area contributed by atoms with E-state index in [0.717, 1.165) is 0 Å². The Labute approximate surface area is 126 Å². The highest BCUT2D eigenvalue weighted by atomic mass is 16.5. The zero-order valence-corrected chi connectivity index (χ0v) is 11.8. The van der Waals surface area contributed by atoms with Gasteiger partial charge in [-0.25, -0.2) is 0 Å². The number of ether oxygens (including phenoxy) is 1. The Morgan fingerprint density at radius 3 is 2.59 bits per heavy atom. The lowest BCUT2D eigenvalue weighted by atomic mass is 10.0. The van der Waals surface area contributed by atoms with Crippen molar-refractivity contribution in [2.75, 3.05) is 7.11 Å². The van der Waals surface area contributed by atoms with E-state index >= 15 is 0 Å². The second-order valence-corrected chi connectivity index (χ2v) is 4.79. The van der Waals surface area contributed by atoms with E-state index in [2.05, 4.69) is 4.98 Å².